The molecule has 0 saturated carbocycles. The lowest BCUT2D eigenvalue weighted by atomic mass is 9.82. The van der Waals surface area contributed by atoms with Gasteiger partial charge in [0.25, 0.3) is 0 Å². The highest BCUT2D eigenvalue weighted by Crippen LogP contribution is 2.56. The Balaban J connectivity index is 0.823. The first kappa shape index (κ1) is 45.6. The fourth-order valence-electron chi connectivity index (χ4n) is 14.1. The third kappa shape index (κ3) is 6.48. The predicted molar refractivity (Wildman–Crippen MR) is 319 cm³/mol. The number of hydrogen-bond donors (Lipinski definition) is 0. The van der Waals surface area contributed by atoms with Gasteiger partial charge >= 0.3 is 0 Å². The van der Waals surface area contributed by atoms with Gasteiger partial charge < -0.3 is 14.2 Å². The Bertz CT molecular complexity index is 4080. The van der Waals surface area contributed by atoms with Gasteiger partial charge in [-0.1, -0.05) is 177 Å². The first-order valence-corrected chi connectivity index (χ1v) is 27.3. The Hall–Kier alpha value is -8.73. The van der Waals surface area contributed by atoms with E-state index in [1.165, 1.54) is 89.0 Å². The van der Waals surface area contributed by atoms with Gasteiger partial charge in [0.1, 0.15) is 5.52 Å². The van der Waals surface area contributed by atoms with E-state index >= 15 is 0 Å². The van der Waals surface area contributed by atoms with E-state index in [0.717, 1.165) is 50.8 Å². The molecule has 4 aliphatic rings. The zero-order valence-electron chi connectivity index (χ0n) is 45.0. The number of nitrogens with zero attached hydrogens (tertiary/aromatic N) is 3. The number of fused-ring (bicyclic) bond motifs is 13. The van der Waals surface area contributed by atoms with Gasteiger partial charge in [0.15, 0.2) is 5.58 Å². The molecule has 0 atom stereocenters. The van der Waals surface area contributed by atoms with Gasteiger partial charge in [-0.05, 0) is 174 Å². The van der Waals surface area contributed by atoms with E-state index in [1.54, 1.807) is 0 Å². The summed E-state index contributed by atoms with van der Waals surface area (Å²) < 4.78 is 6.84. The minimum Gasteiger partial charge on any atom is -0.436 e. The lowest BCUT2D eigenvalue weighted by Crippen LogP contribution is -2.18. The molecule has 0 spiro atoms. The molecule has 1 aromatic heterocycles. The number of rotatable bonds is 7. The molecule has 4 heteroatoms. The largest absolute Gasteiger partial charge is 0.436 e. The molecule has 0 saturated heterocycles. The van der Waals surface area contributed by atoms with Crippen LogP contribution in [-0.4, -0.2) is 4.98 Å². The molecule has 1 heterocycles. The fourth-order valence-corrected chi connectivity index (χ4v) is 14.1. The topological polar surface area (TPSA) is 32.5 Å². The Morgan fingerprint density at radius 2 is 0.571 bits per heavy atom. The number of oxazole rings is 1. The summed E-state index contributed by atoms with van der Waals surface area (Å²) in [4.78, 5) is 9.98. The second-order valence-corrected chi connectivity index (χ2v) is 24.0. The van der Waals surface area contributed by atoms with E-state index in [0.29, 0.717) is 5.89 Å². The Morgan fingerprint density at radius 3 is 0.935 bits per heavy atom. The summed E-state index contributed by atoms with van der Waals surface area (Å²) in [6, 6.07) is 78.9. The molecule has 372 valence electrons. The van der Waals surface area contributed by atoms with E-state index < -0.39 is 0 Å². The molecule has 0 unspecified atom stereocenters. The van der Waals surface area contributed by atoms with Crippen molar-refractivity contribution in [1.82, 2.24) is 4.98 Å². The fraction of sp³-hybridized carbons (Fsp3) is 0.164. The monoisotopic (exact) mass is 993 g/mol. The molecule has 0 aliphatic heterocycles. The van der Waals surface area contributed by atoms with E-state index in [4.69, 9.17) is 9.40 Å². The van der Waals surface area contributed by atoms with Crippen molar-refractivity contribution in [2.24, 2.45) is 0 Å². The summed E-state index contributed by atoms with van der Waals surface area (Å²) in [6.45, 7) is 18.8. The molecule has 0 N–H and O–H groups in total. The van der Waals surface area contributed by atoms with Crippen LogP contribution in [0, 0.1) is 0 Å². The molecule has 0 radical (unpaired) electrons. The van der Waals surface area contributed by atoms with Crippen molar-refractivity contribution in [3.05, 3.63) is 257 Å². The molecule has 11 aromatic rings. The van der Waals surface area contributed by atoms with Gasteiger partial charge in [-0.2, -0.15) is 0 Å². The van der Waals surface area contributed by atoms with Crippen molar-refractivity contribution in [3.8, 4) is 56.0 Å². The third-order valence-electron chi connectivity index (χ3n) is 18.3. The van der Waals surface area contributed by atoms with E-state index in [2.05, 4.69) is 278 Å². The van der Waals surface area contributed by atoms with Crippen LogP contribution in [0.1, 0.15) is 99.9 Å². The first-order chi connectivity index (χ1) is 37.2. The SMILES string of the molecule is CC1(C)c2ccccc2-c2ccc(N(c3ccc(-c4nc5ccc(N(c6ccc7c(c6)C(C)(C)c6ccccc6-7)c6ccc7c(c6)C(C)(C)c6ccccc6-7)cc5o4)cc3)c3ccc4c(c3)C(C)(C)c3ccccc3-4)cc21. The van der Waals surface area contributed by atoms with E-state index in [9.17, 15) is 0 Å². The van der Waals surface area contributed by atoms with Crippen molar-refractivity contribution in [3.63, 3.8) is 0 Å². The highest BCUT2D eigenvalue weighted by Gasteiger charge is 2.40. The minimum atomic E-state index is -0.152. The molecule has 0 amide bonds. The van der Waals surface area contributed by atoms with Crippen LogP contribution >= 0.6 is 0 Å². The molecule has 4 aliphatic carbocycles. The van der Waals surface area contributed by atoms with Crippen molar-refractivity contribution < 1.29 is 4.42 Å². The summed E-state index contributed by atoms with van der Waals surface area (Å²) in [5, 5.41) is 0. The average Bonchev–Trinajstić information content (AvgIpc) is 4.39. The molecule has 10 aromatic carbocycles. The maximum Gasteiger partial charge on any atom is 0.227 e. The van der Waals surface area contributed by atoms with Crippen molar-refractivity contribution >= 4 is 45.2 Å². The highest BCUT2D eigenvalue weighted by atomic mass is 16.3. The maximum atomic E-state index is 6.84. The van der Waals surface area contributed by atoms with Gasteiger partial charge in [0, 0.05) is 67.4 Å². The van der Waals surface area contributed by atoms with E-state index in [-0.39, 0.29) is 21.7 Å². The standard InChI is InChI=1S/C73H59N3O/c1-70(2)59-21-13-9-17-51(59)55-34-29-46(39-63(55)70)75(47-30-35-56-52-18-10-14-22-60(52)71(3,4)64(56)40-47)45-27-25-44(26-28-45)69-74-67-38-33-50(43-68(67)77-69)76(48-31-36-57-53-19-11-15-23-61(53)72(5,6)65(57)41-48)49-32-37-58-54-20-12-16-24-62(54)73(7,8)66(58)42-49/h9-43H,1-8H3. The summed E-state index contributed by atoms with van der Waals surface area (Å²) in [5.74, 6) is 0.588. The lowest BCUT2D eigenvalue weighted by molar-refractivity contribution is 0.620. The molecule has 15 rings (SSSR count). The van der Waals surface area contributed by atoms with Crippen molar-refractivity contribution in [2.45, 2.75) is 77.0 Å². The number of anilines is 6. The minimum absolute atomic E-state index is 0.141. The zero-order valence-corrected chi connectivity index (χ0v) is 45.0. The molecule has 4 nitrogen and oxygen atoms in total. The van der Waals surface area contributed by atoms with Gasteiger partial charge in [0.05, 0.1) is 0 Å². The van der Waals surface area contributed by atoms with Crippen LogP contribution in [0.25, 0.3) is 67.1 Å². The first-order valence-electron chi connectivity index (χ1n) is 27.3. The maximum absolute atomic E-state index is 6.84. The number of aromatic nitrogens is 1. The number of hydrogen-bond acceptors (Lipinski definition) is 4. The van der Waals surface area contributed by atoms with E-state index in [1.807, 2.05) is 0 Å². The van der Waals surface area contributed by atoms with Gasteiger partial charge in [-0.25, -0.2) is 4.98 Å². The van der Waals surface area contributed by atoms with Crippen LogP contribution in [0.5, 0.6) is 0 Å². The normalized spacial score (nSPS) is 15.7. The molecular weight excluding hydrogens is 935 g/mol. The van der Waals surface area contributed by atoms with Crippen LogP contribution in [-0.2, 0) is 21.7 Å². The summed E-state index contributed by atoms with van der Waals surface area (Å²) in [5.41, 5.74) is 29.7. The van der Waals surface area contributed by atoms with Crippen molar-refractivity contribution in [2.75, 3.05) is 9.80 Å². The van der Waals surface area contributed by atoms with Gasteiger partial charge in [-0.15, -0.1) is 0 Å². The predicted octanol–water partition coefficient (Wildman–Crippen LogP) is 19.7. The highest BCUT2D eigenvalue weighted by molar-refractivity contribution is 5.92. The Labute approximate surface area is 452 Å². The quantitative estimate of drug-likeness (QED) is 0.159. The lowest BCUT2D eigenvalue weighted by Gasteiger charge is -2.29. The van der Waals surface area contributed by atoms with Gasteiger partial charge in [0.2, 0.25) is 5.89 Å². The molecular formula is C73H59N3O. The Kier molecular flexibility index (Phi) is 9.43. The zero-order chi connectivity index (χ0) is 52.3. The van der Waals surface area contributed by atoms with Crippen molar-refractivity contribution in [1.29, 1.82) is 0 Å². The summed E-state index contributed by atoms with van der Waals surface area (Å²) in [6.07, 6.45) is 0. The van der Waals surface area contributed by atoms with Gasteiger partial charge in [-0.3, -0.25) is 0 Å². The molecule has 0 bridgehead atoms. The second kappa shape index (κ2) is 15.9. The van der Waals surface area contributed by atoms with Crippen LogP contribution in [0.15, 0.2) is 217 Å². The van der Waals surface area contributed by atoms with Crippen LogP contribution < -0.4 is 9.80 Å². The third-order valence-corrected chi connectivity index (χ3v) is 18.3. The second-order valence-electron chi connectivity index (χ2n) is 24.0. The average molecular weight is 994 g/mol. The summed E-state index contributed by atoms with van der Waals surface area (Å²) in [7, 11) is 0. The van der Waals surface area contributed by atoms with Crippen LogP contribution in [0.3, 0.4) is 0 Å². The smallest absolute Gasteiger partial charge is 0.227 e. The molecule has 0 fully saturated rings. The summed E-state index contributed by atoms with van der Waals surface area (Å²) >= 11 is 0. The number of benzene rings is 10. The molecule has 77 heavy (non-hydrogen) atoms. The van der Waals surface area contributed by atoms with Crippen LogP contribution in [0.4, 0.5) is 34.1 Å². The van der Waals surface area contributed by atoms with Crippen LogP contribution in [0.2, 0.25) is 0 Å². The Morgan fingerprint density at radius 1 is 0.286 bits per heavy atom.